The Labute approximate surface area is 119 Å². The summed E-state index contributed by atoms with van der Waals surface area (Å²) >= 11 is 0. The number of rotatable bonds is 5. The SMILES string of the molecule is CC[C@@H](N)c1ccccc1OCC(=O)N1CCOCC1. The summed E-state index contributed by atoms with van der Waals surface area (Å²) in [6, 6.07) is 7.56. The molecule has 1 amide bonds. The van der Waals surface area contributed by atoms with Gasteiger partial charge in [0.2, 0.25) is 0 Å². The fourth-order valence-corrected chi connectivity index (χ4v) is 2.18. The number of benzene rings is 1. The molecule has 0 saturated carbocycles. The van der Waals surface area contributed by atoms with E-state index in [1.807, 2.05) is 31.2 Å². The molecule has 1 aromatic rings. The van der Waals surface area contributed by atoms with Gasteiger partial charge in [-0.2, -0.15) is 0 Å². The maximum atomic E-state index is 12.0. The Morgan fingerprint density at radius 1 is 1.40 bits per heavy atom. The van der Waals surface area contributed by atoms with Crippen molar-refractivity contribution in [3.8, 4) is 5.75 Å². The van der Waals surface area contributed by atoms with Crippen molar-refractivity contribution in [2.45, 2.75) is 19.4 Å². The Morgan fingerprint density at radius 2 is 2.10 bits per heavy atom. The van der Waals surface area contributed by atoms with Gasteiger partial charge in [-0.05, 0) is 12.5 Å². The van der Waals surface area contributed by atoms with Crippen LogP contribution in [0, 0.1) is 0 Å². The minimum Gasteiger partial charge on any atom is -0.483 e. The van der Waals surface area contributed by atoms with Gasteiger partial charge in [-0.3, -0.25) is 4.79 Å². The first-order chi connectivity index (χ1) is 9.72. The zero-order valence-corrected chi connectivity index (χ0v) is 11.9. The molecule has 1 saturated heterocycles. The molecule has 2 rings (SSSR count). The van der Waals surface area contributed by atoms with Crippen molar-refractivity contribution in [3.05, 3.63) is 29.8 Å². The van der Waals surface area contributed by atoms with Crippen LogP contribution in [0.4, 0.5) is 0 Å². The molecule has 110 valence electrons. The number of carbonyl (C=O) groups excluding carboxylic acids is 1. The second kappa shape index (κ2) is 7.26. The smallest absolute Gasteiger partial charge is 0.260 e. The zero-order valence-electron chi connectivity index (χ0n) is 11.9. The number of hydrogen-bond acceptors (Lipinski definition) is 4. The highest BCUT2D eigenvalue weighted by molar-refractivity contribution is 5.77. The van der Waals surface area contributed by atoms with Crippen molar-refractivity contribution >= 4 is 5.91 Å². The van der Waals surface area contributed by atoms with Gasteiger partial charge in [0.15, 0.2) is 6.61 Å². The maximum Gasteiger partial charge on any atom is 0.260 e. The summed E-state index contributed by atoms with van der Waals surface area (Å²) in [6.07, 6.45) is 0.831. The monoisotopic (exact) mass is 278 g/mol. The van der Waals surface area contributed by atoms with Gasteiger partial charge in [-0.25, -0.2) is 0 Å². The summed E-state index contributed by atoms with van der Waals surface area (Å²) < 4.78 is 10.9. The van der Waals surface area contributed by atoms with E-state index in [2.05, 4.69) is 0 Å². The first kappa shape index (κ1) is 14.8. The van der Waals surface area contributed by atoms with E-state index in [1.54, 1.807) is 4.90 Å². The van der Waals surface area contributed by atoms with E-state index in [4.69, 9.17) is 15.2 Å². The number of carbonyl (C=O) groups is 1. The van der Waals surface area contributed by atoms with Crippen LogP contribution >= 0.6 is 0 Å². The van der Waals surface area contributed by atoms with Gasteiger partial charge in [0, 0.05) is 24.7 Å². The molecular weight excluding hydrogens is 256 g/mol. The van der Waals surface area contributed by atoms with Crippen molar-refractivity contribution < 1.29 is 14.3 Å². The van der Waals surface area contributed by atoms with Gasteiger partial charge in [0.1, 0.15) is 5.75 Å². The number of amides is 1. The number of nitrogens with two attached hydrogens (primary N) is 1. The number of para-hydroxylation sites is 1. The molecule has 1 aromatic carbocycles. The maximum absolute atomic E-state index is 12.0. The largest absolute Gasteiger partial charge is 0.483 e. The summed E-state index contributed by atoms with van der Waals surface area (Å²) in [7, 11) is 0. The molecule has 1 atom stereocenters. The molecule has 0 bridgehead atoms. The van der Waals surface area contributed by atoms with Crippen LogP contribution in [0.5, 0.6) is 5.75 Å². The topological polar surface area (TPSA) is 64.8 Å². The first-order valence-corrected chi connectivity index (χ1v) is 7.05. The predicted molar refractivity (Wildman–Crippen MR) is 76.6 cm³/mol. The van der Waals surface area contributed by atoms with Crippen LogP contribution in [0.2, 0.25) is 0 Å². The molecule has 0 radical (unpaired) electrons. The van der Waals surface area contributed by atoms with E-state index < -0.39 is 0 Å². The van der Waals surface area contributed by atoms with Crippen LogP contribution in [-0.2, 0) is 9.53 Å². The summed E-state index contributed by atoms with van der Waals surface area (Å²) in [4.78, 5) is 13.8. The van der Waals surface area contributed by atoms with Crippen molar-refractivity contribution in [1.29, 1.82) is 0 Å². The van der Waals surface area contributed by atoms with E-state index >= 15 is 0 Å². The van der Waals surface area contributed by atoms with Crippen molar-refractivity contribution in [1.82, 2.24) is 4.90 Å². The average Bonchev–Trinajstić information content (AvgIpc) is 2.53. The van der Waals surface area contributed by atoms with Crippen LogP contribution in [0.15, 0.2) is 24.3 Å². The molecule has 5 nitrogen and oxygen atoms in total. The van der Waals surface area contributed by atoms with E-state index in [1.165, 1.54) is 0 Å². The van der Waals surface area contributed by atoms with Gasteiger partial charge in [0.25, 0.3) is 5.91 Å². The molecule has 5 heteroatoms. The molecule has 0 spiro atoms. The molecule has 1 heterocycles. The minimum atomic E-state index is -0.0651. The minimum absolute atomic E-state index is 0.00632. The standard InChI is InChI=1S/C15H22N2O3/c1-2-13(16)12-5-3-4-6-14(12)20-11-15(18)17-7-9-19-10-8-17/h3-6,13H,2,7-11,16H2,1H3/t13-/m1/s1. The quantitative estimate of drug-likeness (QED) is 0.882. The normalized spacial score (nSPS) is 16.8. The first-order valence-electron chi connectivity index (χ1n) is 7.05. The predicted octanol–water partition coefficient (Wildman–Crippen LogP) is 1.33. The van der Waals surface area contributed by atoms with Crippen LogP contribution in [-0.4, -0.2) is 43.7 Å². The average molecular weight is 278 g/mol. The van der Waals surface area contributed by atoms with E-state index in [-0.39, 0.29) is 18.6 Å². The van der Waals surface area contributed by atoms with Crippen molar-refractivity contribution in [2.24, 2.45) is 5.73 Å². The van der Waals surface area contributed by atoms with E-state index in [0.29, 0.717) is 32.1 Å². The zero-order chi connectivity index (χ0) is 14.4. The lowest BCUT2D eigenvalue weighted by molar-refractivity contribution is -0.137. The van der Waals surface area contributed by atoms with Gasteiger partial charge in [-0.15, -0.1) is 0 Å². The van der Waals surface area contributed by atoms with Crippen molar-refractivity contribution in [2.75, 3.05) is 32.9 Å². The highest BCUT2D eigenvalue weighted by Gasteiger charge is 2.18. The number of morpholine rings is 1. The Kier molecular flexibility index (Phi) is 5.38. The molecule has 0 aliphatic carbocycles. The summed E-state index contributed by atoms with van der Waals surface area (Å²) in [5.74, 6) is 0.691. The second-order valence-corrected chi connectivity index (χ2v) is 4.83. The Balaban J connectivity index is 1.94. The molecule has 0 unspecified atom stereocenters. The van der Waals surface area contributed by atoms with Gasteiger partial charge < -0.3 is 20.1 Å². The van der Waals surface area contributed by atoms with Crippen molar-refractivity contribution in [3.63, 3.8) is 0 Å². The van der Waals surface area contributed by atoms with Gasteiger partial charge in [-0.1, -0.05) is 25.1 Å². The highest BCUT2D eigenvalue weighted by Crippen LogP contribution is 2.25. The van der Waals surface area contributed by atoms with Crippen LogP contribution < -0.4 is 10.5 Å². The van der Waals surface area contributed by atoms with E-state index in [9.17, 15) is 4.79 Å². The second-order valence-electron chi connectivity index (χ2n) is 4.83. The van der Waals surface area contributed by atoms with Crippen LogP contribution in [0.1, 0.15) is 24.9 Å². The Bertz CT molecular complexity index is 444. The number of ether oxygens (including phenoxy) is 2. The third-order valence-electron chi connectivity index (χ3n) is 3.47. The summed E-state index contributed by atoms with van der Waals surface area (Å²) in [5.41, 5.74) is 7.00. The molecule has 0 aromatic heterocycles. The summed E-state index contributed by atoms with van der Waals surface area (Å²) in [6.45, 7) is 4.55. The van der Waals surface area contributed by atoms with Crippen LogP contribution in [0.25, 0.3) is 0 Å². The lowest BCUT2D eigenvalue weighted by atomic mass is 10.0. The molecular formula is C15H22N2O3. The molecule has 1 aliphatic rings. The fraction of sp³-hybridized carbons (Fsp3) is 0.533. The third kappa shape index (κ3) is 3.71. The number of nitrogens with zero attached hydrogens (tertiary/aromatic N) is 1. The molecule has 20 heavy (non-hydrogen) atoms. The Hall–Kier alpha value is -1.59. The lowest BCUT2D eigenvalue weighted by Crippen LogP contribution is -2.43. The van der Waals surface area contributed by atoms with Gasteiger partial charge >= 0.3 is 0 Å². The number of hydrogen-bond donors (Lipinski definition) is 1. The molecule has 2 N–H and O–H groups in total. The van der Waals surface area contributed by atoms with Gasteiger partial charge in [0.05, 0.1) is 13.2 Å². The highest BCUT2D eigenvalue weighted by atomic mass is 16.5. The Morgan fingerprint density at radius 3 is 2.80 bits per heavy atom. The molecule has 1 aliphatic heterocycles. The van der Waals surface area contributed by atoms with Crippen LogP contribution in [0.3, 0.4) is 0 Å². The third-order valence-corrected chi connectivity index (χ3v) is 3.47. The fourth-order valence-electron chi connectivity index (χ4n) is 2.18. The summed E-state index contributed by atoms with van der Waals surface area (Å²) in [5, 5.41) is 0. The molecule has 1 fully saturated rings. The van der Waals surface area contributed by atoms with E-state index in [0.717, 1.165) is 12.0 Å². The lowest BCUT2D eigenvalue weighted by Gasteiger charge is -2.27.